The van der Waals surface area contributed by atoms with Gasteiger partial charge >= 0.3 is 0 Å². The molecular weight excluding hydrogens is 280 g/mol. The molecule has 0 amide bonds. The fourth-order valence-corrected chi connectivity index (χ4v) is 2.90. The summed E-state index contributed by atoms with van der Waals surface area (Å²) in [5.74, 6) is 0.0861. The Hall–Kier alpha value is -2.28. The summed E-state index contributed by atoms with van der Waals surface area (Å²) in [7, 11) is -3.97. The summed E-state index contributed by atoms with van der Waals surface area (Å²) in [5, 5.41) is 9.55. The lowest BCUT2D eigenvalue weighted by Gasteiger charge is -2.11. The van der Waals surface area contributed by atoms with Gasteiger partial charge in [-0.1, -0.05) is 0 Å². The average molecular weight is 294 g/mol. The fraction of sp³-hybridized carbons (Fsp3) is 0.154. The molecule has 0 spiro atoms. The number of rotatable bonds is 3. The van der Waals surface area contributed by atoms with Crippen molar-refractivity contribution in [3.63, 3.8) is 0 Å². The number of phenolic OH excluding ortho intramolecular Hbond substituents is 1. The third kappa shape index (κ3) is 2.67. The van der Waals surface area contributed by atoms with Gasteiger partial charge in [-0.2, -0.15) is 0 Å². The minimum Gasteiger partial charge on any atom is -0.508 e. The molecule has 0 unspecified atom stereocenters. The Balaban J connectivity index is 2.47. The average Bonchev–Trinajstić information content (AvgIpc) is 2.36. The summed E-state index contributed by atoms with van der Waals surface area (Å²) in [6, 6.07) is 4.12. The van der Waals surface area contributed by atoms with Crippen molar-refractivity contribution in [1.29, 1.82) is 0 Å². The number of benzene rings is 1. The van der Waals surface area contributed by atoms with Gasteiger partial charge in [0.05, 0.1) is 5.69 Å². The quantitative estimate of drug-likeness (QED) is 0.747. The standard InChI is InChI=1S/C13H14N2O4S/c1-8-6-12(17)9(2)5-10(8)15-20(18,19)13-7-14-4-3-11(13)16/h3-7,15,17H,1-2H3,(H,14,16). The Labute approximate surface area is 116 Å². The molecule has 20 heavy (non-hydrogen) atoms. The number of anilines is 1. The lowest BCUT2D eigenvalue weighted by atomic mass is 10.1. The second-order valence-electron chi connectivity index (χ2n) is 4.43. The lowest BCUT2D eigenvalue weighted by molar-refractivity contribution is 0.471. The number of hydrogen-bond acceptors (Lipinski definition) is 4. The van der Waals surface area contributed by atoms with Crippen molar-refractivity contribution in [1.82, 2.24) is 4.98 Å². The highest BCUT2D eigenvalue weighted by molar-refractivity contribution is 7.92. The summed E-state index contributed by atoms with van der Waals surface area (Å²) >= 11 is 0. The van der Waals surface area contributed by atoms with Gasteiger partial charge in [-0.05, 0) is 37.1 Å². The highest BCUT2D eigenvalue weighted by Crippen LogP contribution is 2.26. The van der Waals surface area contributed by atoms with E-state index in [-0.39, 0.29) is 10.6 Å². The molecule has 0 atom stereocenters. The van der Waals surface area contributed by atoms with Crippen molar-refractivity contribution >= 4 is 15.7 Å². The number of nitrogens with one attached hydrogen (secondary N) is 2. The molecule has 0 aliphatic carbocycles. The Morgan fingerprint density at radius 3 is 2.55 bits per heavy atom. The zero-order chi connectivity index (χ0) is 14.9. The van der Waals surface area contributed by atoms with Crippen LogP contribution in [-0.2, 0) is 10.0 Å². The SMILES string of the molecule is Cc1cc(NS(=O)(=O)c2c[nH]ccc2=O)c(C)cc1O. The Morgan fingerprint density at radius 1 is 1.20 bits per heavy atom. The maximum absolute atomic E-state index is 12.2. The molecule has 0 fully saturated rings. The first kappa shape index (κ1) is 14.1. The van der Waals surface area contributed by atoms with Crippen molar-refractivity contribution in [2.45, 2.75) is 18.7 Å². The van der Waals surface area contributed by atoms with E-state index < -0.39 is 15.5 Å². The molecule has 2 aromatic rings. The van der Waals surface area contributed by atoms with Gasteiger partial charge in [-0.15, -0.1) is 0 Å². The van der Waals surface area contributed by atoms with Crippen LogP contribution in [0.5, 0.6) is 5.75 Å². The van der Waals surface area contributed by atoms with Crippen LogP contribution in [0.1, 0.15) is 11.1 Å². The Morgan fingerprint density at radius 2 is 1.90 bits per heavy atom. The van der Waals surface area contributed by atoms with E-state index in [0.717, 1.165) is 12.3 Å². The van der Waals surface area contributed by atoms with E-state index in [9.17, 15) is 18.3 Å². The normalized spacial score (nSPS) is 11.3. The maximum Gasteiger partial charge on any atom is 0.267 e. The number of aromatic amines is 1. The summed E-state index contributed by atoms with van der Waals surface area (Å²) < 4.78 is 26.7. The number of H-pyrrole nitrogens is 1. The largest absolute Gasteiger partial charge is 0.508 e. The number of pyridine rings is 1. The van der Waals surface area contributed by atoms with Crippen molar-refractivity contribution in [2.24, 2.45) is 0 Å². The summed E-state index contributed by atoms with van der Waals surface area (Å²) in [5.41, 5.74) is 0.826. The zero-order valence-electron chi connectivity index (χ0n) is 11.0. The van der Waals surface area contributed by atoms with E-state index in [1.54, 1.807) is 13.8 Å². The minimum atomic E-state index is -3.97. The predicted molar refractivity (Wildman–Crippen MR) is 75.5 cm³/mol. The molecule has 0 saturated heterocycles. The van der Waals surface area contributed by atoms with E-state index in [2.05, 4.69) is 9.71 Å². The smallest absolute Gasteiger partial charge is 0.267 e. The topological polar surface area (TPSA) is 99.3 Å². The van der Waals surface area contributed by atoms with E-state index in [0.29, 0.717) is 16.8 Å². The molecule has 2 rings (SSSR count). The molecule has 106 valence electrons. The second kappa shape index (κ2) is 5.01. The number of aryl methyl sites for hydroxylation is 2. The Bertz CT molecular complexity index is 809. The van der Waals surface area contributed by atoms with Gasteiger partial charge in [0.1, 0.15) is 5.75 Å². The predicted octanol–water partition coefficient (Wildman–Crippen LogP) is 1.50. The summed E-state index contributed by atoms with van der Waals surface area (Å²) in [6.45, 7) is 3.31. The van der Waals surface area contributed by atoms with E-state index in [1.165, 1.54) is 18.3 Å². The Kier molecular flexibility index (Phi) is 3.54. The fourth-order valence-electron chi connectivity index (χ4n) is 1.72. The van der Waals surface area contributed by atoms with Crippen LogP contribution in [0.3, 0.4) is 0 Å². The molecule has 6 nitrogen and oxygen atoms in total. The molecule has 0 saturated carbocycles. The van der Waals surface area contributed by atoms with Crippen LogP contribution in [0.2, 0.25) is 0 Å². The molecule has 0 aliphatic rings. The molecule has 0 bridgehead atoms. The van der Waals surface area contributed by atoms with Gasteiger partial charge in [-0.25, -0.2) is 8.42 Å². The van der Waals surface area contributed by atoms with Gasteiger partial charge in [-0.3, -0.25) is 9.52 Å². The monoisotopic (exact) mass is 294 g/mol. The third-order valence-corrected chi connectivity index (χ3v) is 4.25. The number of sulfonamides is 1. The van der Waals surface area contributed by atoms with Crippen molar-refractivity contribution in [3.8, 4) is 5.75 Å². The van der Waals surface area contributed by atoms with E-state index in [1.807, 2.05) is 0 Å². The maximum atomic E-state index is 12.2. The van der Waals surface area contributed by atoms with Gasteiger partial charge in [0.15, 0.2) is 4.90 Å². The zero-order valence-corrected chi connectivity index (χ0v) is 11.8. The highest BCUT2D eigenvalue weighted by Gasteiger charge is 2.19. The van der Waals surface area contributed by atoms with Crippen LogP contribution >= 0.6 is 0 Å². The lowest BCUT2D eigenvalue weighted by Crippen LogP contribution is -2.21. The van der Waals surface area contributed by atoms with Gasteiger partial charge in [0, 0.05) is 18.5 Å². The molecule has 1 aromatic carbocycles. The number of phenols is 1. The van der Waals surface area contributed by atoms with Gasteiger partial charge < -0.3 is 10.1 Å². The summed E-state index contributed by atoms with van der Waals surface area (Å²) in [4.78, 5) is 13.8. The van der Waals surface area contributed by atoms with Crippen molar-refractivity contribution < 1.29 is 13.5 Å². The third-order valence-electron chi connectivity index (χ3n) is 2.86. The number of aromatic hydroxyl groups is 1. The van der Waals surface area contributed by atoms with Gasteiger partial charge in [0.25, 0.3) is 10.0 Å². The highest BCUT2D eigenvalue weighted by atomic mass is 32.2. The van der Waals surface area contributed by atoms with Crippen LogP contribution in [0.4, 0.5) is 5.69 Å². The molecule has 1 aromatic heterocycles. The van der Waals surface area contributed by atoms with Crippen molar-refractivity contribution in [3.05, 3.63) is 51.9 Å². The van der Waals surface area contributed by atoms with Crippen molar-refractivity contribution in [2.75, 3.05) is 4.72 Å². The van der Waals surface area contributed by atoms with Crippen LogP contribution in [-0.4, -0.2) is 18.5 Å². The minimum absolute atomic E-state index is 0.0861. The molecule has 1 heterocycles. The van der Waals surface area contributed by atoms with Crippen LogP contribution in [0, 0.1) is 13.8 Å². The first-order chi connectivity index (χ1) is 9.31. The second-order valence-corrected chi connectivity index (χ2v) is 6.08. The van der Waals surface area contributed by atoms with Crippen LogP contribution in [0.15, 0.2) is 40.3 Å². The number of hydrogen-bond donors (Lipinski definition) is 3. The first-order valence-corrected chi connectivity index (χ1v) is 7.30. The first-order valence-electron chi connectivity index (χ1n) is 5.81. The van der Waals surface area contributed by atoms with E-state index in [4.69, 9.17) is 0 Å². The summed E-state index contributed by atoms with van der Waals surface area (Å²) in [6.07, 6.45) is 2.49. The molecule has 7 heteroatoms. The van der Waals surface area contributed by atoms with E-state index >= 15 is 0 Å². The molecule has 0 radical (unpaired) electrons. The van der Waals surface area contributed by atoms with Crippen LogP contribution < -0.4 is 10.2 Å². The number of aromatic nitrogens is 1. The molecular formula is C13H14N2O4S. The molecule has 3 N–H and O–H groups in total. The van der Waals surface area contributed by atoms with Crippen LogP contribution in [0.25, 0.3) is 0 Å². The van der Waals surface area contributed by atoms with Gasteiger partial charge in [0.2, 0.25) is 5.43 Å². The molecule has 0 aliphatic heterocycles.